The minimum atomic E-state index is -0.935. The van der Waals surface area contributed by atoms with Crippen molar-refractivity contribution in [3.05, 3.63) is 65.0 Å². The first-order valence-corrected chi connectivity index (χ1v) is 10.4. The average Bonchev–Trinajstić information content (AvgIpc) is 3.16. The maximum absolute atomic E-state index is 13.4. The van der Waals surface area contributed by atoms with Crippen molar-refractivity contribution in [1.29, 1.82) is 0 Å². The first-order chi connectivity index (χ1) is 14.7. The Kier molecular flexibility index (Phi) is 5.77. The van der Waals surface area contributed by atoms with Crippen molar-refractivity contribution in [2.75, 3.05) is 26.5 Å². The molecule has 6 nitrogen and oxygen atoms in total. The predicted molar refractivity (Wildman–Crippen MR) is 112 cm³/mol. The molecule has 7 heteroatoms. The van der Waals surface area contributed by atoms with Crippen molar-refractivity contribution in [3.8, 4) is 5.75 Å². The summed E-state index contributed by atoms with van der Waals surface area (Å²) < 4.78 is 30.8. The van der Waals surface area contributed by atoms with Gasteiger partial charge in [-0.15, -0.1) is 0 Å². The van der Waals surface area contributed by atoms with Crippen LogP contribution in [0.4, 0.5) is 4.39 Å². The summed E-state index contributed by atoms with van der Waals surface area (Å²) in [5.41, 5.74) is 0.673. The smallest absolute Gasteiger partial charge is 0.253 e. The summed E-state index contributed by atoms with van der Waals surface area (Å²) in [6.07, 6.45) is 0.256. The van der Waals surface area contributed by atoms with E-state index in [0.29, 0.717) is 30.8 Å². The first kappa shape index (κ1) is 21.7. The molecule has 0 aromatic heterocycles. The van der Waals surface area contributed by atoms with Crippen LogP contribution in [0.5, 0.6) is 5.75 Å². The lowest BCUT2D eigenvalue weighted by atomic mass is 9.82. The molecule has 2 aliphatic rings. The van der Waals surface area contributed by atoms with E-state index in [1.807, 2.05) is 6.92 Å². The summed E-state index contributed by atoms with van der Waals surface area (Å²) in [5.74, 6) is 0.258. The highest BCUT2D eigenvalue weighted by Crippen LogP contribution is 2.42. The highest BCUT2D eigenvalue weighted by molar-refractivity contribution is 5.94. The molecule has 166 valence electrons. The van der Waals surface area contributed by atoms with E-state index in [-0.39, 0.29) is 31.2 Å². The molecule has 1 N–H and O–H groups in total. The molecule has 1 amide bonds. The minimum absolute atomic E-state index is 0.0830. The van der Waals surface area contributed by atoms with E-state index >= 15 is 0 Å². The summed E-state index contributed by atoms with van der Waals surface area (Å²) in [5, 5.41) is 9.85. The second-order valence-corrected chi connectivity index (χ2v) is 8.90. The SMILES string of the molecule is Cc1cc(C(=O)N2CC[C@@]3(c4ccc(F)cc4)OCOC3C2)ccc1OCC(C)(C)O. The molecule has 0 radical (unpaired) electrons. The number of fused-ring (bicyclic) bond motifs is 1. The molecule has 2 atom stereocenters. The second-order valence-electron chi connectivity index (χ2n) is 8.90. The summed E-state index contributed by atoms with van der Waals surface area (Å²) in [7, 11) is 0. The number of hydrogen-bond acceptors (Lipinski definition) is 5. The van der Waals surface area contributed by atoms with E-state index in [1.165, 1.54) is 12.1 Å². The van der Waals surface area contributed by atoms with E-state index in [9.17, 15) is 14.3 Å². The molecule has 2 fully saturated rings. The molecule has 2 heterocycles. The zero-order chi connectivity index (χ0) is 22.2. The Bertz CT molecular complexity index is 955. The molecule has 31 heavy (non-hydrogen) atoms. The van der Waals surface area contributed by atoms with Crippen LogP contribution >= 0.6 is 0 Å². The van der Waals surface area contributed by atoms with Gasteiger partial charge >= 0.3 is 0 Å². The highest BCUT2D eigenvalue weighted by Gasteiger charge is 2.51. The second kappa shape index (κ2) is 8.22. The molecule has 2 aromatic rings. The summed E-state index contributed by atoms with van der Waals surface area (Å²) in [4.78, 5) is 14.9. The van der Waals surface area contributed by atoms with E-state index in [0.717, 1.165) is 11.1 Å². The predicted octanol–water partition coefficient (Wildman–Crippen LogP) is 3.40. The fraction of sp³-hybridized carbons (Fsp3) is 0.458. The van der Waals surface area contributed by atoms with Crippen LogP contribution in [-0.4, -0.2) is 54.1 Å². The van der Waals surface area contributed by atoms with Crippen molar-refractivity contribution in [3.63, 3.8) is 0 Å². The van der Waals surface area contributed by atoms with Crippen LogP contribution in [0.15, 0.2) is 42.5 Å². The van der Waals surface area contributed by atoms with Crippen LogP contribution in [0, 0.1) is 12.7 Å². The Labute approximate surface area is 181 Å². The number of aryl methyl sites for hydroxylation is 1. The number of rotatable bonds is 5. The van der Waals surface area contributed by atoms with E-state index in [1.54, 1.807) is 49.1 Å². The zero-order valence-electron chi connectivity index (χ0n) is 18.1. The van der Waals surface area contributed by atoms with Crippen LogP contribution < -0.4 is 4.74 Å². The number of benzene rings is 2. The first-order valence-electron chi connectivity index (χ1n) is 10.4. The van der Waals surface area contributed by atoms with Gasteiger partial charge in [0.2, 0.25) is 0 Å². The molecule has 2 saturated heterocycles. The van der Waals surface area contributed by atoms with Gasteiger partial charge in [-0.25, -0.2) is 4.39 Å². The number of likely N-dealkylation sites (tertiary alicyclic amines) is 1. The molecule has 0 saturated carbocycles. The molecule has 0 spiro atoms. The lowest BCUT2D eigenvalue weighted by molar-refractivity contribution is -0.0439. The number of halogens is 1. The quantitative estimate of drug-likeness (QED) is 0.789. The van der Waals surface area contributed by atoms with Crippen LogP contribution in [0.25, 0.3) is 0 Å². The number of ether oxygens (including phenoxy) is 3. The molecular formula is C24H28FNO5. The van der Waals surface area contributed by atoms with Crippen molar-refractivity contribution in [2.24, 2.45) is 0 Å². The monoisotopic (exact) mass is 429 g/mol. The lowest BCUT2D eigenvalue weighted by Crippen LogP contribution is -2.53. The molecule has 2 aromatic carbocycles. The van der Waals surface area contributed by atoms with Gasteiger partial charge in [0, 0.05) is 18.5 Å². The Morgan fingerprint density at radius 1 is 1.29 bits per heavy atom. The van der Waals surface area contributed by atoms with Gasteiger partial charge in [-0.2, -0.15) is 0 Å². The normalized spacial score (nSPS) is 23.5. The molecule has 2 aliphatic heterocycles. The van der Waals surface area contributed by atoms with Crippen molar-refractivity contribution < 1.29 is 28.5 Å². The van der Waals surface area contributed by atoms with E-state index in [4.69, 9.17) is 14.2 Å². The van der Waals surface area contributed by atoms with Gasteiger partial charge in [0.05, 0.1) is 12.1 Å². The van der Waals surface area contributed by atoms with Gasteiger partial charge in [0.25, 0.3) is 5.91 Å². The van der Waals surface area contributed by atoms with Gasteiger partial charge in [0.1, 0.15) is 36.7 Å². The maximum Gasteiger partial charge on any atom is 0.253 e. The van der Waals surface area contributed by atoms with Gasteiger partial charge in [-0.05, 0) is 62.2 Å². The van der Waals surface area contributed by atoms with Crippen molar-refractivity contribution in [1.82, 2.24) is 4.90 Å². The fourth-order valence-electron chi connectivity index (χ4n) is 4.19. The van der Waals surface area contributed by atoms with Crippen LogP contribution in [0.3, 0.4) is 0 Å². The molecule has 0 aliphatic carbocycles. The van der Waals surface area contributed by atoms with E-state index in [2.05, 4.69) is 0 Å². The van der Waals surface area contributed by atoms with Crippen LogP contribution in [0.1, 0.15) is 41.8 Å². The van der Waals surface area contributed by atoms with Crippen molar-refractivity contribution in [2.45, 2.75) is 44.5 Å². The Morgan fingerprint density at radius 3 is 2.71 bits per heavy atom. The number of amides is 1. The van der Waals surface area contributed by atoms with Gasteiger partial charge < -0.3 is 24.2 Å². The third-order valence-electron chi connectivity index (χ3n) is 5.87. The third-order valence-corrected chi connectivity index (χ3v) is 5.87. The number of nitrogens with zero attached hydrogens (tertiary/aromatic N) is 1. The Balaban J connectivity index is 1.47. The number of hydrogen-bond donors (Lipinski definition) is 1. The average molecular weight is 429 g/mol. The van der Waals surface area contributed by atoms with Crippen LogP contribution in [-0.2, 0) is 15.1 Å². The standard InChI is InChI=1S/C24H28FNO5/c1-16-12-17(4-9-20(16)29-14-23(2,3)28)22(27)26-11-10-24(21(13-26)30-15-31-24)18-5-7-19(25)8-6-18/h4-9,12,21,28H,10-11,13-15H2,1-3H3/t21?,24-/m0/s1. The van der Waals surface area contributed by atoms with Crippen LogP contribution in [0.2, 0.25) is 0 Å². The largest absolute Gasteiger partial charge is 0.490 e. The third kappa shape index (κ3) is 4.44. The lowest BCUT2D eigenvalue weighted by Gasteiger charge is -2.42. The molecular weight excluding hydrogens is 401 g/mol. The van der Waals surface area contributed by atoms with Crippen molar-refractivity contribution >= 4 is 5.91 Å². The molecule has 1 unspecified atom stereocenters. The highest BCUT2D eigenvalue weighted by atomic mass is 19.1. The maximum atomic E-state index is 13.4. The topological polar surface area (TPSA) is 68.2 Å². The van der Waals surface area contributed by atoms with E-state index < -0.39 is 11.2 Å². The Hall–Kier alpha value is -2.48. The summed E-state index contributed by atoms with van der Waals surface area (Å²) in [6, 6.07) is 11.6. The van der Waals surface area contributed by atoms with Gasteiger partial charge in [-0.1, -0.05) is 12.1 Å². The fourth-order valence-corrected chi connectivity index (χ4v) is 4.19. The molecule has 4 rings (SSSR count). The number of carbonyl (C=O) groups excluding carboxylic acids is 1. The minimum Gasteiger partial charge on any atom is -0.490 e. The number of carbonyl (C=O) groups is 1. The summed E-state index contributed by atoms with van der Waals surface area (Å²) >= 11 is 0. The molecule has 0 bridgehead atoms. The zero-order valence-corrected chi connectivity index (χ0v) is 18.1. The van der Waals surface area contributed by atoms with Gasteiger partial charge in [0.15, 0.2) is 0 Å². The van der Waals surface area contributed by atoms with Gasteiger partial charge in [-0.3, -0.25) is 4.79 Å². The Morgan fingerprint density at radius 2 is 2.03 bits per heavy atom. The number of aliphatic hydroxyl groups is 1. The summed E-state index contributed by atoms with van der Waals surface area (Å²) in [6.45, 7) is 6.45. The number of piperidine rings is 1.